The van der Waals surface area contributed by atoms with Crippen molar-refractivity contribution in [2.24, 2.45) is 0 Å². The molecule has 1 aromatic rings. The lowest BCUT2D eigenvalue weighted by molar-refractivity contribution is 0.381. The summed E-state index contributed by atoms with van der Waals surface area (Å²) in [6.07, 6.45) is 1.62. The molecule has 0 radical (unpaired) electrons. The van der Waals surface area contributed by atoms with Crippen molar-refractivity contribution >= 4 is 16.5 Å². The van der Waals surface area contributed by atoms with Crippen LogP contribution in [0, 0.1) is 0 Å². The maximum absolute atomic E-state index is 9.04. The van der Waals surface area contributed by atoms with Crippen LogP contribution in [0.1, 0.15) is 5.56 Å². The van der Waals surface area contributed by atoms with Crippen molar-refractivity contribution in [1.29, 1.82) is 0 Å². The van der Waals surface area contributed by atoms with Crippen LogP contribution in [-0.2, 0) is 10.4 Å². The van der Waals surface area contributed by atoms with Gasteiger partial charge in [0, 0.05) is 5.56 Å². The van der Waals surface area contributed by atoms with Gasteiger partial charge in [0.15, 0.2) is 0 Å². The van der Waals surface area contributed by atoms with E-state index in [0.29, 0.717) is 0 Å². The first kappa shape index (κ1) is 12.6. The lowest BCUT2D eigenvalue weighted by atomic mass is 10.2. The number of para-hydroxylation sites is 1. The largest absolute Gasteiger partial charge is 0.507 e. The molecule has 6 heteroatoms. The molecule has 1 aromatic carbocycles. The summed E-state index contributed by atoms with van der Waals surface area (Å²) in [6, 6.07) is 7.08. The van der Waals surface area contributed by atoms with Crippen LogP contribution in [0.15, 0.2) is 30.8 Å². The van der Waals surface area contributed by atoms with Crippen LogP contribution in [0.25, 0.3) is 6.08 Å². The van der Waals surface area contributed by atoms with Crippen molar-refractivity contribution in [3.63, 3.8) is 0 Å². The minimum atomic E-state index is -4.67. The SMILES string of the molecule is C=Cc1ccccc1O.O=S(=O)(O)O. The molecule has 14 heavy (non-hydrogen) atoms. The third kappa shape index (κ3) is 7.29. The van der Waals surface area contributed by atoms with E-state index < -0.39 is 10.4 Å². The topological polar surface area (TPSA) is 94.8 Å². The van der Waals surface area contributed by atoms with Crippen LogP contribution >= 0.6 is 0 Å². The first-order valence-corrected chi connectivity index (χ1v) is 4.84. The van der Waals surface area contributed by atoms with Gasteiger partial charge in [-0.1, -0.05) is 30.9 Å². The molecule has 0 amide bonds. The third-order valence-corrected chi connectivity index (χ3v) is 1.16. The normalized spacial score (nSPS) is 9.86. The molecule has 0 aromatic heterocycles. The highest BCUT2D eigenvalue weighted by atomic mass is 32.3. The molecule has 0 aliphatic carbocycles. The van der Waals surface area contributed by atoms with Crippen LogP contribution < -0.4 is 0 Å². The molecule has 3 N–H and O–H groups in total. The maximum Gasteiger partial charge on any atom is 0.394 e. The summed E-state index contributed by atoms with van der Waals surface area (Å²) >= 11 is 0. The predicted molar refractivity (Wildman–Crippen MR) is 52.4 cm³/mol. The van der Waals surface area contributed by atoms with E-state index in [1.54, 1.807) is 18.2 Å². The van der Waals surface area contributed by atoms with Gasteiger partial charge in [-0.05, 0) is 6.07 Å². The number of hydrogen-bond donors (Lipinski definition) is 3. The summed E-state index contributed by atoms with van der Waals surface area (Å²) < 4.78 is 31.6. The summed E-state index contributed by atoms with van der Waals surface area (Å²) in [5.41, 5.74) is 0.775. The van der Waals surface area contributed by atoms with Gasteiger partial charge in [-0.3, -0.25) is 9.11 Å². The van der Waals surface area contributed by atoms with Crippen molar-refractivity contribution in [2.75, 3.05) is 0 Å². The Kier molecular flexibility index (Phi) is 4.85. The van der Waals surface area contributed by atoms with Crippen molar-refractivity contribution in [3.05, 3.63) is 36.4 Å². The van der Waals surface area contributed by atoms with E-state index in [-0.39, 0.29) is 5.75 Å². The van der Waals surface area contributed by atoms with Gasteiger partial charge in [0.05, 0.1) is 0 Å². The molecule has 5 nitrogen and oxygen atoms in total. The third-order valence-electron chi connectivity index (χ3n) is 1.16. The Balaban J connectivity index is 0.000000292. The van der Waals surface area contributed by atoms with Crippen molar-refractivity contribution in [1.82, 2.24) is 0 Å². The fraction of sp³-hybridized carbons (Fsp3) is 0. The Morgan fingerprint density at radius 1 is 1.21 bits per heavy atom. The molecule has 0 saturated heterocycles. The molecule has 0 aliphatic rings. The highest BCUT2D eigenvalue weighted by Gasteiger charge is 1.89. The predicted octanol–water partition coefficient (Wildman–Crippen LogP) is 1.38. The first-order valence-electron chi connectivity index (χ1n) is 3.45. The number of aromatic hydroxyl groups is 1. The second-order valence-corrected chi connectivity index (χ2v) is 3.11. The summed E-state index contributed by atoms with van der Waals surface area (Å²) in [7, 11) is -4.67. The van der Waals surface area contributed by atoms with Crippen LogP contribution in [0.2, 0.25) is 0 Å². The molecule has 0 fully saturated rings. The number of hydrogen-bond acceptors (Lipinski definition) is 3. The van der Waals surface area contributed by atoms with E-state index in [4.69, 9.17) is 22.6 Å². The quantitative estimate of drug-likeness (QED) is 0.619. The molecule has 0 unspecified atom stereocenters. The van der Waals surface area contributed by atoms with Gasteiger partial charge in [-0.15, -0.1) is 0 Å². The Morgan fingerprint density at radius 2 is 1.64 bits per heavy atom. The molecule has 0 bridgehead atoms. The highest BCUT2D eigenvalue weighted by molar-refractivity contribution is 7.79. The Labute approximate surface area is 81.9 Å². The van der Waals surface area contributed by atoms with Crippen LogP contribution in [-0.4, -0.2) is 22.6 Å². The van der Waals surface area contributed by atoms with Crippen molar-refractivity contribution in [3.8, 4) is 5.75 Å². The van der Waals surface area contributed by atoms with E-state index in [9.17, 15) is 0 Å². The fourth-order valence-corrected chi connectivity index (χ4v) is 0.660. The van der Waals surface area contributed by atoms with E-state index in [1.165, 1.54) is 0 Å². The summed E-state index contributed by atoms with van der Waals surface area (Å²) in [6.45, 7) is 3.53. The number of phenols is 1. The number of rotatable bonds is 1. The van der Waals surface area contributed by atoms with E-state index in [2.05, 4.69) is 6.58 Å². The average molecular weight is 218 g/mol. The monoisotopic (exact) mass is 218 g/mol. The Morgan fingerprint density at radius 3 is 1.93 bits per heavy atom. The second-order valence-electron chi connectivity index (χ2n) is 2.21. The van der Waals surface area contributed by atoms with Gasteiger partial charge < -0.3 is 5.11 Å². The van der Waals surface area contributed by atoms with Crippen molar-refractivity contribution in [2.45, 2.75) is 0 Å². The molecule has 0 saturated carbocycles. The Bertz CT molecular complexity index is 388. The zero-order valence-corrected chi connectivity index (χ0v) is 7.98. The first-order chi connectivity index (χ1) is 6.34. The molecule has 0 heterocycles. The van der Waals surface area contributed by atoms with Crippen LogP contribution in [0.5, 0.6) is 5.75 Å². The van der Waals surface area contributed by atoms with E-state index >= 15 is 0 Å². The smallest absolute Gasteiger partial charge is 0.394 e. The lowest BCUT2D eigenvalue weighted by Gasteiger charge is -1.93. The fourth-order valence-electron chi connectivity index (χ4n) is 0.660. The molecule has 1 rings (SSSR count). The van der Waals surface area contributed by atoms with Crippen molar-refractivity contribution < 1.29 is 22.6 Å². The molecule has 0 spiro atoms. The number of benzene rings is 1. The maximum atomic E-state index is 9.04. The number of phenolic OH excluding ortho intramolecular Hbond substituents is 1. The molecule has 0 aliphatic heterocycles. The molecule has 0 atom stereocenters. The van der Waals surface area contributed by atoms with Crippen LogP contribution in [0.3, 0.4) is 0 Å². The van der Waals surface area contributed by atoms with Gasteiger partial charge in [-0.25, -0.2) is 0 Å². The summed E-state index contributed by atoms with van der Waals surface area (Å²) in [5, 5.41) is 9.04. The Hall–Kier alpha value is -1.37. The summed E-state index contributed by atoms with van der Waals surface area (Å²) in [5.74, 6) is 0.285. The lowest BCUT2D eigenvalue weighted by Crippen LogP contribution is -1.89. The standard InChI is InChI=1S/C8H8O.H2O4S/c1-2-7-5-3-4-6-8(7)9;1-5(2,3)4/h2-6,9H,1H2;(H2,1,2,3,4). The zero-order chi connectivity index (χ0) is 11.2. The summed E-state index contributed by atoms with van der Waals surface area (Å²) in [4.78, 5) is 0. The van der Waals surface area contributed by atoms with Gasteiger partial charge in [0.25, 0.3) is 0 Å². The van der Waals surface area contributed by atoms with Gasteiger partial charge >= 0.3 is 10.4 Å². The highest BCUT2D eigenvalue weighted by Crippen LogP contribution is 2.15. The van der Waals surface area contributed by atoms with Gasteiger partial charge in [-0.2, -0.15) is 8.42 Å². The van der Waals surface area contributed by atoms with E-state index in [1.807, 2.05) is 12.1 Å². The second kappa shape index (κ2) is 5.38. The van der Waals surface area contributed by atoms with Crippen LogP contribution in [0.4, 0.5) is 0 Å². The average Bonchev–Trinajstić information content (AvgIpc) is 2.02. The van der Waals surface area contributed by atoms with E-state index in [0.717, 1.165) is 5.56 Å². The van der Waals surface area contributed by atoms with Gasteiger partial charge in [0.2, 0.25) is 0 Å². The molecular formula is C8H10O5S. The van der Waals surface area contributed by atoms with Gasteiger partial charge in [0.1, 0.15) is 5.75 Å². The molecular weight excluding hydrogens is 208 g/mol. The molecule has 78 valence electrons. The zero-order valence-electron chi connectivity index (χ0n) is 7.16. The minimum absolute atomic E-state index is 0.285. The minimum Gasteiger partial charge on any atom is -0.507 e.